The Labute approximate surface area is 220 Å². The minimum atomic E-state index is -0.237. The summed E-state index contributed by atoms with van der Waals surface area (Å²) in [5.74, 6) is 0.798. The second-order valence-corrected chi connectivity index (χ2v) is 10.1. The third kappa shape index (κ3) is 4.71. The van der Waals surface area contributed by atoms with Crippen LogP contribution < -0.4 is 4.90 Å². The van der Waals surface area contributed by atoms with Crippen LogP contribution in [0.5, 0.6) is 0 Å². The highest BCUT2D eigenvalue weighted by Crippen LogP contribution is 2.33. The van der Waals surface area contributed by atoms with Gasteiger partial charge < -0.3 is 9.80 Å². The first-order valence-corrected chi connectivity index (χ1v) is 12.6. The number of hydrogen-bond acceptors (Lipinski definition) is 3. The van der Waals surface area contributed by atoms with Crippen LogP contribution in [0.1, 0.15) is 27.0 Å². The lowest BCUT2D eigenvalue weighted by atomic mass is 10.1. The Kier molecular flexibility index (Phi) is 6.73. The fourth-order valence-electron chi connectivity index (χ4n) is 4.86. The van der Waals surface area contributed by atoms with Crippen molar-refractivity contribution in [1.29, 1.82) is 0 Å². The van der Waals surface area contributed by atoms with Crippen molar-refractivity contribution in [3.8, 4) is 0 Å². The van der Waals surface area contributed by atoms with Crippen molar-refractivity contribution in [1.82, 2.24) is 9.80 Å². The molecule has 0 saturated carbocycles. The van der Waals surface area contributed by atoms with E-state index in [4.69, 9.17) is 23.2 Å². The van der Waals surface area contributed by atoms with Crippen LogP contribution in [0, 0.1) is 0 Å². The summed E-state index contributed by atoms with van der Waals surface area (Å²) in [4.78, 5) is 32.3. The molecule has 3 aromatic rings. The maximum Gasteiger partial charge on any atom is 0.279 e. The van der Waals surface area contributed by atoms with E-state index < -0.39 is 0 Å². The number of rotatable bonds is 4. The topological polar surface area (TPSA) is 46.9 Å². The molecule has 0 radical (unpaired) electrons. The Hall–Kier alpha value is -3.35. The molecule has 0 aliphatic carbocycles. The number of halogens is 2. The van der Waals surface area contributed by atoms with Crippen LogP contribution in [0.2, 0.25) is 10.0 Å². The van der Waals surface area contributed by atoms with Crippen LogP contribution >= 0.6 is 23.2 Å². The molecule has 5 rings (SSSR count). The highest BCUT2D eigenvalue weighted by atomic mass is 35.5. The van der Waals surface area contributed by atoms with Crippen LogP contribution in [0.25, 0.3) is 0 Å². The van der Waals surface area contributed by atoms with Gasteiger partial charge in [0.25, 0.3) is 11.7 Å². The monoisotopic (exact) mass is 521 g/mol. The van der Waals surface area contributed by atoms with Crippen molar-refractivity contribution >= 4 is 46.5 Å². The number of carbonyl (C=O) groups excluding carboxylic acids is 2. The van der Waals surface area contributed by atoms with Gasteiger partial charge in [-0.1, -0.05) is 41.4 Å². The zero-order valence-corrected chi connectivity index (χ0v) is 21.8. The van der Waals surface area contributed by atoms with Gasteiger partial charge in [0, 0.05) is 21.2 Å². The van der Waals surface area contributed by atoms with E-state index in [0.717, 1.165) is 35.5 Å². The van der Waals surface area contributed by atoms with Gasteiger partial charge in [-0.15, -0.1) is 0 Å². The Bertz CT molecular complexity index is 1350. The predicted octanol–water partition coefficient (Wildman–Crippen LogP) is 4.52. The summed E-state index contributed by atoms with van der Waals surface area (Å²) in [5.41, 5.74) is 4.11. The lowest BCUT2D eigenvalue weighted by molar-refractivity contribution is -0.486. The first kappa shape index (κ1) is 24.3. The van der Waals surface area contributed by atoms with Crippen molar-refractivity contribution < 1.29 is 14.2 Å². The van der Waals surface area contributed by atoms with E-state index in [1.807, 2.05) is 12.1 Å². The molecule has 2 aliphatic rings. The molecule has 36 heavy (non-hydrogen) atoms. The quantitative estimate of drug-likeness (QED) is 0.474. The van der Waals surface area contributed by atoms with E-state index in [1.165, 1.54) is 5.84 Å². The molecule has 2 heterocycles. The molecule has 2 aliphatic heterocycles. The highest BCUT2D eigenvalue weighted by Gasteiger charge is 2.31. The molecule has 0 atom stereocenters. The Balaban J connectivity index is 1.43. The Morgan fingerprint density at radius 1 is 0.972 bits per heavy atom. The van der Waals surface area contributed by atoms with Gasteiger partial charge in [0.05, 0.1) is 38.4 Å². The van der Waals surface area contributed by atoms with Gasteiger partial charge in [0.15, 0.2) is 0 Å². The van der Waals surface area contributed by atoms with Crippen LogP contribution in [-0.2, 0) is 17.9 Å². The minimum absolute atomic E-state index is 0.0436. The van der Waals surface area contributed by atoms with Crippen LogP contribution in [0.4, 0.5) is 5.69 Å². The maximum absolute atomic E-state index is 13.5. The lowest BCUT2D eigenvalue weighted by Crippen LogP contribution is -2.39. The molecule has 184 valence electrons. The molecule has 0 bridgehead atoms. The normalized spacial score (nSPS) is 15.9. The van der Waals surface area contributed by atoms with E-state index in [0.29, 0.717) is 22.2 Å². The summed E-state index contributed by atoms with van der Waals surface area (Å²) in [6.45, 7) is 2.58. The van der Waals surface area contributed by atoms with Gasteiger partial charge in [-0.3, -0.25) is 19.1 Å². The number of anilines is 1. The van der Waals surface area contributed by atoms with Gasteiger partial charge in [-0.05, 0) is 54.1 Å². The molecule has 0 spiro atoms. The number of nitrogens with zero attached hydrogens (tertiary/aromatic N) is 4. The summed E-state index contributed by atoms with van der Waals surface area (Å²) in [7, 11) is 4.20. The number of fused-ring (bicyclic) bond motifs is 1. The zero-order chi connectivity index (χ0) is 25.4. The smallest absolute Gasteiger partial charge is 0.279 e. The van der Waals surface area contributed by atoms with E-state index in [1.54, 1.807) is 40.1 Å². The molecule has 2 amide bonds. The van der Waals surface area contributed by atoms with E-state index in [9.17, 15) is 9.59 Å². The number of carbonyl (C=O) groups is 2. The zero-order valence-electron chi connectivity index (χ0n) is 20.2. The number of amidine groups is 1. The van der Waals surface area contributed by atoms with Crippen molar-refractivity contribution in [2.45, 2.75) is 13.1 Å². The fraction of sp³-hybridized carbons (Fsp3) is 0.250. The average Bonchev–Trinajstić information content (AvgIpc) is 3.13. The molecule has 3 aromatic carbocycles. The highest BCUT2D eigenvalue weighted by molar-refractivity contribution is 6.32. The summed E-state index contributed by atoms with van der Waals surface area (Å²) in [6, 6.07) is 20.5. The van der Waals surface area contributed by atoms with Gasteiger partial charge in [0.2, 0.25) is 5.91 Å². The SMILES string of the molecule is CN1CC[N+](C)=C1c1ccc(CN2C(=O)CN(C(=O)c3ccc(Cl)cc3)Cc3c(Cl)cccc32)cc1. The number of hydrogen-bond donors (Lipinski definition) is 0. The van der Waals surface area contributed by atoms with Crippen molar-refractivity contribution in [3.63, 3.8) is 0 Å². The molecule has 8 heteroatoms. The van der Waals surface area contributed by atoms with Gasteiger partial charge in [-0.2, -0.15) is 0 Å². The third-order valence-corrected chi connectivity index (χ3v) is 7.39. The summed E-state index contributed by atoms with van der Waals surface area (Å²) >= 11 is 12.6. The van der Waals surface area contributed by atoms with E-state index in [-0.39, 0.29) is 24.9 Å². The lowest BCUT2D eigenvalue weighted by Gasteiger charge is -2.23. The first-order valence-electron chi connectivity index (χ1n) is 11.8. The molecule has 0 N–H and O–H groups in total. The molecular weight excluding hydrogens is 495 g/mol. The number of likely N-dealkylation sites (N-methyl/N-ethyl adjacent to an activating group) is 2. The fourth-order valence-corrected chi connectivity index (χ4v) is 5.22. The number of amides is 2. The minimum Gasteiger partial charge on any atom is -0.325 e. The summed E-state index contributed by atoms with van der Waals surface area (Å²) < 4.78 is 2.25. The molecule has 6 nitrogen and oxygen atoms in total. The second kappa shape index (κ2) is 9.96. The molecule has 0 unspecified atom stereocenters. The van der Waals surface area contributed by atoms with Crippen molar-refractivity contribution in [2.24, 2.45) is 0 Å². The second-order valence-electron chi connectivity index (χ2n) is 9.25. The standard InChI is InChI=1S/C28H27Cl2N4O2/c1-31-14-15-32(2)27(31)20-8-6-19(7-9-20)16-34-25-5-3-4-24(30)23(25)17-33(18-26(34)35)28(36)21-10-12-22(29)13-11-21/h3-13H,14-18H2,1-2H3/q+1. The van der Waals surface area contributed by atoms with E-state index in [2.05, 4.69) is 47.8 Å². The van der Waals surface area contributed by atoms with Gasteiger partial charge in [0.1, 0.15) is 19.6 Å². The van der Waals surface area contributed by atoms with Gasteiger partial charge in [-0.25, -0.2) is 0 Å². The first-order chi connectivity index (χ1) is 17.3. The Morgan fingerprint density at radius 3 is 2.36 bits per heavy atom. The van der Waals surface area contributed by atoms with Gasteiger partial charge >= 0.3 is 0 Å². The van der Waals surface area contributed by atoms with Crippen molar-refractivity contribution in [3.05, 3.63) is 99.0 Å². The molecular formula is C28H27Cl2N4O2+. The molecule has 0 aromatic heterocycles. The molecule has 0 fully saturated rings. The average molecular weight is 522 g/mol. The Morgan fingerprint density at radius 2 is 1.69 bits per heavy atom. The summed E-state index contributed by atoms with van der Waals surface area (Å²) in [6.07, 6.45) is 0. The maximum atomic E-state index is 13.5. The van der Waals surface area contributed by atoms with Crippen LogP contribution in [0.15, 0.2) is 66.7 Å². The largest absolute Gasteiger partial charge is 0.325 e. The predicted molar refractivity (Wildman–Crippen MR) is 143 cm³/mol. The van der Waals surface area contributed by atoms with Crippen molar-refractivity contribution in [2.75, 3.05) is 38.6 Å². The molecule has 0 saturated heterocycles. The van der Waals surface area contributed by atoms with Crippen LogP contribution in [-0.4, -0.2) is 65.8 Å². The van der Waals surface area contributed by atoms with E-state index >= 15 is 0 Å². The van der Waals surface area contributed by atoms with Crippen LogP contribution in [0.3, 0.4) is 0 Å². The third-order valence-electron chi connectivity index (χ3n) is 6.79. The summed E-state index contributed by atoms with van der Waals surface area (Å²) in [5, 5.41) is 1.08. The number of benzene rings is 3.